The van der Waals surface area contributed by atoms with Crippen molar-refractivity contribution in [1.29, 1.82) is 0 Å². The molecule has 0 unspecified atom stereocenters. The molecular formula is C10H8ClF2N5O3. The molecule has 0 fully saturated rings. The standard InChI is InChI=1S/C10H8ClF2N5O3/c11-6-4-7(13)9(18(20)21)5-8(6)17-10(19)16(14-15-17)3-1-2-12/h4-5H,1-3H2. The molecule has 2 rings (SSSR count). The van der Waals surface area contributed by atoms with Crippen LogP contribution in [0.1, 0.15) is 6.42 Å². The number of rotatable bonds is 5. The highest BCUT2D eigenvalue weighted by Gasteiger charge is 2.21. The smallest absolute Gasteiger partial charge is 0.258 e. The molecule has 0 atom stereocenters. The van der Waals surface area contributed by atoms with E-state index in [2.05, 4.69) is 10.4 Å². The molecule has 0 amide bonds. The predicted molar refractivity (Wildman–Crippen MR) is 67.8 cm³/mol. The first kappa shape index (κ1) is 15.0. The van der Waals surface area contributed by atoms with Gasteiger partial charge in [-0.05, 0) is 16.8 Å². The third-order valence-corrected chi connectivity index (χ3v) is 2.89. The Morgan fingerprint density at radius 3 is 2.71 bits per heavy atom. The lowest BCUT2D eigenvalue weighted by Crippen LogP contribution is -2.25. The number of halogens is 3. The van der Waals surface area contributed by atoms with Crippen molar-refractivity contribution in [3.63, 3.8) is 0 Å². The normalized spacial score (nSPS) is 10.8. The summed E-state index contributed by atoms with van der Waals surface area (Å²) in [6, 6.07) is 1.50. The van der Waals surface area contributed by atoms with E-state index in [1.165, 1.54) is 0 Å². The maximum Gasteiger partial charge on any atom is 0.368 e. The van der Waals surface area contributed by atoms with E-state index in [1.807, 2.05) is 0 Å². The molecular weight excluding hydrogens is 312 g/mol. The fourth-order valence-corrected chi connectivity index (χ4v) is 1.83. The second kappa shape index (κ2) is 5.95. The van der Waals surface area contributed by atoms with E-state index in [9.17, 15) is 23.7 Å². The first-order valence-electron chi connectivity index (χ1n) is 5.68. The Bertz CT molecular complexity index is 745. The van der Waals surface area contributed by atoms with Gasteiger partial charge in [-0.2, -0.15) is 13.8 Å². The number of nitro benzene ring substituents is 1. The predicted octanol–water partition coefficient (Wildman–Crippen LogP) is 1.49. The van der Waals surface area contributed by atoms with Gasteiger partial charge in [-0.3, -0.25) is 14.5 Å². The number of hydrogen-bond acceptors (Lipinski definition) is 5. The molecule has 0 spiro atoms. The number of aromatic nitrogens is 4. The number of nitrogens with zero attached hydrogens (tertiary/aromatic N) is 5. The Balaban J connectivity index is 2.52. The van der Waals surface area contributed by atoms with Crippen LogP contribution in [0.15, 0.2) is 16.9 Å². The second-order valence-electron chi connectivity index (χ2n) is 3.95. The van der Waals surface area contributed by atoms with Gasteiger partial charge in [0.05, 0.1) is 28.9 Å². The summed E-state index contributed by atoms with van der Waals surface area (Å²) in [6.07, 6.45) is 0.0654. The van der Waals surface area contributed by atoms with Crippen molar-refractivity contribution in [1.82, 2.24) is 19.8 Å². The molecule has 0 aliphatic rings. The Morgan fingerprint density at radius 2 is 2.10 bits per heavy atom. The average Bonchev–Trinajstić information content (AvgIpc) is 2.77. The molecule has 1 heterocycles. The number of benzene rings is 1. The molecule has 0 aliphatic heterocycles. The van der Waals surface area contributed by atoms with Crippen LogP contribution in [0.4, 0.5) is 14.5 Å². The highest BCUT2D eigenvalue weighted by molar-refractivity contribution is 6.32. The van der Waals surface area contributed by atoms with Crippen LogP contribution >= 0.6 is 11.6 Å². The summed E-state index contributed by atoms with van der Waals surface area (Å²) in [7, 11) is 0. The van der Waals surface area contributed by atoms with Crippen LogP contribution in [0.5, 0.6) is 0 Å². The Labute approximate surface area is 120 Å². The summed E-state index contributed by atoms with van der Waals surface area (Å²) in [5.41, 5.74) is -1.79. The number of tetrazole rings is 1. The van der Waals surface area contributed by atoms with E-state index in [0.29, 0.717) is 10.7 Å². The molecule has 0 radical (unpaired) electrons. The van der Waals surface area contributed by atoms with Crippen molar-refractivity contribution in [2.45, 2.75) is 13.0 Å². The molecule has 1 aromatic heterocycles. The SMILES string of the molecule is O=c1n(CCCF)nnn1-c1cc([N+](=O)[O-])c(F)cc1Cl. The fourth-order valence-electron chi connectivity index (χ4n) is 1.60. The van der Waals surface area contributed by atoms with E-state index in [1.54, 1.807) is 0 Å². The molecule has 0 N–H and O–H groups in total. The van der Waals surface area contributed by atoms with Crippen molar-refractivity contribution >= 4 is 17.3 Å². The molecule has 0 saturated carbocycles. The van der Waals surface area contributed by atoms with Gasteiger partial charge in [0.1, 0.15) is 0 Å². The summed E-state index contributed by atoms with van der Waals surface area (Å²) >= 11 is 5.77. The van der Waals surface area contributed by atoms with Gasteiger partial charge in [0, 0.05) is 12.1 Å². The molecule has 0 aliphatic carbocycles. The number of nitro groups is 1. The van der Waals surface area contributed by atoms with Crippen LogP contribution in [-0.2, 0) is 6.54 Å². The quantitative estimate of drug-likeness (QED) is 0.614. The van der Waals surface area contributed by atoms with Crippen LogP contribution < -0.4 is 5.69 Å². The molecule has 0 saturated heterocycles. The summed E-state index contributed by atoms with van der Waals surface area (Å²) in [5, 5.41) is 17.5. The third-order valence-electron chi connectivity index (χ3n) is 2.58. The minimum atomic E-state index is -1.13. The largest absolute Gasteiger partial charge is 0.368 e. The lowest BCUT2D eigenvalue weighted by atomic mass is 10.2. The first-order chi connectivity index (χ1) is 9.95. The van der Waals surface area contributed by atoms with Crippen LogP contribution in [0.3, 0.4) is 0 Å². The molecule has 0 bridgehead atoms. The van der Waals surface area contributed by atoms with Crippen molar-refractivity contribution < 1.29 is 13.7 Å². The zero-order chi connectivity index (χ0) is 15.6. The summed E-state index contributed by atoms with van der Waals surface area (Å²) in [4.78, 5) is 21.7. The van der Waals surface area contributed by atoms with E-state index in [0.717, 1.165) is 10.7 Å². The number of hydrogen-bond donors (Lipinski definition) is 0. The van der Waals surface area contributed by atoms with Gasteiger partial charge >= 0.3 is 11.4 Å². The molecule has 2 aromatic rings. The van der Waals surface area contributed by atoms with E-state index in [4.69, 9.17) is 11.6 Å². The van der Waals surface area contributed by atoms with Crippen molar-refractivity contribution in [2.75, 3.05) is 6.67 Å². The lowest BCUT2D eigenvalue weighted by molar-refractivity contribution is -0.387. The molecule has 112 valence electrons. The molecule has 1 aromatic carbocycles. The maximum atomic E-state index is 13.4. The maximum absolute atomic E-state index is 13.4. The van der Waals surface area contributed by atoms with Gasteiger partial charge in [-0.1, -0.05) is 11.6 Å². The van der Waals surface area contributed by atoms with Crippen LogP contribution in [0, 0.1) is 15.9 Å². The summed E-state index contributed by atoms with van der Waals surface area (Å²) < 4.78 is 27.0. The number of aryl methyl sites for hydroxylation is 1. The van der Waals surface area contributed by atoms with Gasteiger partial charge in [0.15, 0.2) is 0 Å². The number of alkyl halides is 1. The lowest BCUT2D eigenvalue weighted by Gasteiger charge is -2.02. The van der Waals surface area contributed by atoms with E-state index < -0.39 is 28.8 Å². The Morgan fingerprint density at radius 1 is 1.38 bits per heavy atom. The van der Waals surface area contributed by atoms with E-state index >= 15 is 0 Å². The van der Waals surface area contributed by atoms with Crippen molar-refractivity contribution in [3.8, 4) is 5.69 Å². The Hall–Kier alpha value is -2.36. The zero-order valence-corrected chi connectivity index (χ0v) is 11.1. The topological polar surface area (TPSA) is 95.8 Å². The molecule has 11 heteroatoms. The fraction of sp³-hybridized carbons (Fsp3) is 0.300. The van der Waals surface area contributed by atoms with Crippen LogP contribution in [-0.4, -0.2) is 31.4 Å². The van der Waals surface area contributed by atoms with Crippen LogP contribution in [0.2, 0.25) is 5.02 Å². The molecule has 8 nitrogen and oxygen atoms in total. The van der Waals surface area contributed by atoms with Gasteiger partial charge in [-0.15, -0.1) is 0 Å². The average molecular weight is 320 g/mol. The highest BCUT2D eigenvalue weighted by Crippen LogP contribution is 2.27. The second-order valence-corrected chi connectivity index (χ2v) is 4.36. The minimum absolute atomic E-state index is 0.00373. The molecule has 21 heavy (non-hydrogen) atoms. The van der Waals surface area contributed by atoms with Crippen LogP contribution in [0.25, 0.3) is 5.69 Å². The summed E-state index contributed by atoms with van der Waals surface area (Å²) in [6.45, 7) is -0.641. The monoisotopic (exact) mass is 319 g/mol. The minimum Gasteiger partial charge on any atom is -0.258 e. The van der Waals surface area contributed by atoms with Crippen molar-refractivity contribution in [3.05, 3.63) is 43.6 Å². The first-order valence-corrected chi connectivity index (χ1v) is 6.06. The zero-order valence-electron chi connectivity index (χ0n) is 10.4. The van der Waals surface area contributed by atoms with Gasteiger partial charge in [-0.25, -0.2) is 4.79 Å². The van der Waals surface area contributed by atoms with Gasteiger partial charge in [0.25, 0.3) is 0 Å². The third kappa shape index (κ3) is 2.89. The summed E-state index contributed by atoms with van der Waals surface area (Å²) in [5.74, 6) is -1.13. The van der Waals surface area contributed by atoms with E-state index in [-0.39, 0.29) is 23.7 Å². The van der Waals surface area contributed by atoms with Gasteiger partial charge < -0.3 is 0 Å². The highest BCUT2D eigenvalue weighted by atomic mass is 35.5. The Kier molecular flexibility index (Phi) is 4.26. The van der Waals surface area contributed by atoms with Crippen molar-refractivity contribution in [2.24, 2.45) is 0 Å². The van der Waals surface area contributed by atoms with Gasteiger partial charge in [0.2, 0.25) is 5.82 Å².